The molecule has 2 unspecified atom stereocenters. The molecule has 6 nitrogen and oxygen atoms in total. The van der Waals surface area contributed by atoms with Crippen molar-refractivity contribution in [2.24, 2.45) is 23.2 Å². The zero-order chi connectivity index (χ0) is 39.8. The standard InChI is InChI=1S/C23H32O2.C13H28O2.C6H14.C4H10O2.2CH4/c1-22(2,3)18-23(4,5)20-11-13-21(14-12-20)25-16-15-24-17-19-9-7-6-8-10-19;1-11(2)5-6-12(3)7-8-13(4)15-10-9-14;1-4-6(3)5-2;1-2-6-4-3-5;;/h6-14H,15-18H2,1-5H3;11-14H,5-10H2,1-4H3;6H,4-5H2,1-3H3;5H,2-4H2,1H3;2*1H4. The summed E-state index contributed by atoms with van der Waals surface area (Å²) in [7, 11) is 0. The highest BCUT2D eigenvalue weighted by molar-refractivity contribution is 5.31. The van der Waals surface area contributed by atoms with Crippen molar-refractivity contribution < 1.29 is 29.2 Å². The number of aliphatic hydroxyl groups excluding tert-OH is 2. The van der Waals surface area contributed by atoms with E-state index >= 15 is 0 Å². The second-order valence-corrected chi connectivity index (χ2v) is 16.4. The van der Waals surface area contributed by atoms with E-state index in [-0.39, 0.29) is 33.5 Å². The third kappa shape index (κ3) is 37.0. The predicted octanol–water partition coefficient (Wildman–Crippen LogP) is 13.0. The van der Waals surface area contributed by atoms with Gasteiger partial charge in [-0.15, -0.1) is 0 Å². The van der Waals surface area contributed by atoms with Crippen molar-refractivity contribution in [2.45, 2.75) is 168 Å². The molecular weight excluding hydrogens is 673 g/mol. The number of hydrogen-bond donors (Lipinski definition) is 2. The van der Waals surface area contributed by atoms with Crippen molar-refractivity contribution in [1.29, 1.82) is 0 Å². The van der Waals surface area contributed by atoms with Crippen molar-refractivity contribution >= 4 is 0 Å². The number of rotatable bonds is 22. The second-order valence-electron chi connectivity index (χ2n) is 16.4. The fourth-order valence-electron chi connectivity index (χ4n) is 5.53. The minimum absolute atomic E-state index is 0. The molecule has 0 aliphatic heterocycles. The molecule has 2 aromatic carbocycles. The van der Waals surface area contributed by atoms with Gasteiger partial charge in [-0.3, -0.25) is 0 Å². The molecule has 2 N–H and O–H groups in total. The van der Waals surface area contributed by atoms with Gasteiger partial charge >= 0.3 is 0 Å². The van der Waals surface area contributed by atoms with Crippen molar-refractivity contribution in [3.63, 3.8) is 0 Å². The van der Waals surface area contributed by atoms with Gasteiger partial charge < -0.3 is 29.2 Å². The van der Waals surface area contributed by atoms with E-state index in [2.05, 4.69) is 119 Å². The molecule has 0 bridgehead atoms. The van der Waals surface area contributed by atoms with Gasteiger partial charge in [-0.05, 0) is 85.0 Å². The SMILES string of the molecule is C.C.CC(C)(C)CC(C)(C)c1ccc(OCCOCc2ccccc2)cc1.CC(C)CCC(C)CCC(C)OCCO.CCC(C)CC.CCOCCO. The van der Waals surface area contributed by atoms with Gasteiger partial charge in [0, 0.05) is 6.61 Å². The Morgan fingerprint density at radius 2 is 1.17 bits per heavy atom. The van der Waals surface area contributed by atoms with Gasteiger partial charge in [0.05, 0.1) is 45.7 Å². The molecule has 0 aliphatic rings. The summed E-state index contributed by atoms with van der Waals surface area (Å²) in [5, 5.41) is 16.7. The Balaban J connectivity index is -0.000000366. The Bertz CT molecular complexity index is 1010. The topological polar surface area (TPSA) is 77.4 Å². The van der Waals surface area contributed by atoms with Gasteiger partial charge in [0.1, 0.15) is 12.4 Å². The van der Waals surface area contributed by atoms with E-state index in [0.29, 0.717) is 51.2 Å². The van der Waals surface area contributed by atoms with E-state index in [4.69, 9.17) is 29.2 Å². The summed E-state index contributed by atoms with van der Waals surface area (Å²) in [4.78, 5) is 0. The first-order valence-corrected chi connectivity index (χ1v) is 20.3. The summed E-state index contributed by atoms with van der Waals surface area (Å²) in [5.74, 6) is 3.45. The lowest BCUT2D eigenvalue weighted by Gasteiger charge is -2.33. The van der Waals surface area contributed by atoms with Crippen LogP contribution in [0.1, 0.15) is 161 Å². The quantitative estimate of drug-likeness (QED) is 0.116. The fraction of sp³-hybridized carbons (Fsp3) is 0.750. The van der Waals surface area contributed by atoms with Crippen LogP contribution in [0.25, 0.3) is 0 Å². The monoisotopic (exact) mass is 765 g/mol. The smallest absolute Gasteiger partial charge is 0.119 e. The molecule has 2 atom stereocenters. The van der Waals surface area contributed by atoms with Crippen LogP contribution in [-0.2, 0) is 26.2 Å². The Hall–Kier alpha value is -1.96. The molecule has 0 saturated carbocycles. The van der Waals surface area contributed by atoms with E-state index in [9.17, 15) is 0 Å². The molecular formula is C48H92O6. The van der Waals surface area contributed by atoms with Gasteiger partial charge in [0.25, 0.3) is 0 Å². The Kier molecular flexibility index (Phi) is 39.9. The number of hydrogen-bond acceptors (Lipinski definition) is 6. The molecule has 0 spiro atoms. The molecule has 0 amide bonds. The number of aliphatic hydroxyl groups is 2. The minimum Gasteiger partial charge on any atom is -0.491 e. The van der Waals surface area contributed by atoms with Gasteiger partial charge in [0.2, 0.25) is 0 Å². The minimum atomic E-state index is 0. The van der Waals surface area contributed by atoms with Crippen LogP contribution in [0.5, 0.6) is 5.75 Å². The molecule has 320 valence electrons. The Morgan fingerprint density at radius 3 is 1.61 bits per heavy atom. The normalized spacial score (nSPS) is 12.1. The van der Waals surface area contributed by atoms with Crippen LogP contribution < -0.4 is 4.74 Å². The highest BCUT2D eigenvalue weighted by Gasteiger charge is 2.27. The molecule has 2 rings (SSSR count). The second kappa shape index (κ2) is 36.7. The van der Waals surface area contributed by atoms with Crippen LogP contribution in [0.4, 0.5) is 0 Å². The van der Waals surface area contributed by atoms with E-state index in [1.54, 1.807) is 0 Å². The summed E-state index contributed by atoms with van der Waals surface area (Å²) in [6.45, 7) is 32.8. The molecule has 0 aromatic heterocycles. The van der Waals surface area contributed by atoms with Crippen LogP contribution >= 0.6 is 0 Å². The lowest BCUT2D eigenvalue weighted by Crippen LogP contribution is -2.24. The van der Waals surface area contributed by atoms with Gasteiger partial charge in [-0.1, -0.05) is 159 Å². The molecule has 0 aliphatic carbocycles. The average Bonchev–Trinajstić information content (AvgIpc) is 3.11. The van der Waals surface area contributed by atoms with Crippen molar-refractivity contribution in [3.8, 4) is 5.75 Å². The van der Waals surface area contributed by atoms with Crippen LogP contribution in [0, 0.1) is 23.2 Å². The molecule has 2 aromatic rings. The number of benzene rings is 2. The maximum absolute atomic E-state index is 8.61. The highest BCUT2D eigenvalue weighted by Crippen LogP contribution is 2.36. The highest BCUT2D eigenvalue weighted by atomic mass is 16.5. The summed E-state index contributed by atoms with van der Waals surface area (Å²) in [6, 6.07) is 18.7. The maximum atomic E-state index is 8.61. The van der Waals surface area contributed by atoms with Crippen LogP contribution in [-0.4, -0.2) is 62.6 Å². The molecule has 54 heavy (non-hydrogen) atoms. The van der Waals surface area contributed by atoms with Gasteiger partial charge in [-0.2, -0.15) is 0 Å². The van der Waals surface area contributed by atoms with Crippen LogP contribution in [0.2, 0.25) is 0 Å². The first kappa shape index (κ1) is 58.7. The van der Waals surface area contributed by atoms with Crippen molar-refractivity contribution in [2.75, 3.05) is 46.2 Å². The lowest BCUT2D eigenvalue weighted by atomic mass is 9.72. The fourth-order valence-corrected chi connectivity index (χ4v) is 5.53. The first-order chi connectivity index (χ1) is 24.5. The third-order valence-electron chi connectivity index (χ3n) is 8.85. The summed E-state index contributed by atoms with van der Waals surface area (Å²) in [5.41, 5.74) is 3.02. The van der Waals surface area contributed by atoms with E-state index < -0.39 is 0 Å². The lowest BCUT2D eigenvalue weighted by molar-refractivity contribution is 0.0314. The van der Waals surface area contributed by atoms with E-state index in [1.807, 2.05) is 25.1 Å². The molecule has 6 heteroatoms. The molecule has 0 saturated heterocycles. The maximum Gasteiger partial charge on any atom is 0.119 e. The zero-order valence-electron chi connectivity index (χ0n) is 36.1. The molecule has 0 radical (unpaired) electrons. The van der Waals surface area contributed by atoms with Crippen LogP contribution in [0.3, 0.4) is 0 Å². The molecule has 0 fully saturated rings. The first-order valence-electron chi connectivity index (χ1n) is 20.3. The summed E-state index contributed by atoms with van der Waals surface area (Å²) in [6.07, 6.45) is 9.09. The number of ether oxygens (including phenoxy) is 4. The largest absolute Gasteiger partial charge is 0.491 e. The van der Waals surface area contributed by atoms with Gasteiger partial charge in [0.15, 0.2) is 0 Å². The zero-order valence-corrected chi connectivity index (χ0v) is 36.1. The summed E-state index contributed by atoms with van der Waals surface area (Å²) >= 11 is 0. The van der Waals surface area contributed by atoms with Gasteiger partial charge in [-0.25, -0.2) is 0 Å². The van der Waals surface area contributed by atoms with Crippen molar-refractivity contribution in [3.05, 3.63) is 65.7 Å². The predicted molar refractivity (Wildman–Crippen MR) is 237 cm³/mol. The van der Waals surface area contributed by atoms with Crippen LogP contribution in [0.15, 0.2) is 54.6 Å². The van der Waals surface area contributed by atoms with E-state index in [0.717, 1.165) is 36.3 Å². The Morgan fingerprint density at radius 1 is 0.611 bits per heavy atom. The van der Waals surface area contributed by atoms with Crippen molar-refractivity contribution in [1.82, 2.24) is 0 Å². The van der Waals surface area contributed by atoms with E-state index in [1.165, 1.54) is 43.2 Å². The average molecular weight is 765 g/mol. The third-order valence-corrected chi connectivity index (χ3v) is 8.85. The molecule has 0 heterocycles. The Labute approximate surface area is 337 Å². The summed E-state index contributed by atoms with van der Waals surface area (Å²) < 4.78 is 21.6.